The molecule has 0 unspecified atom stereocenters. The molecule has 0 aliphatic heterocycles. The van der Waals surface area contributed by atoms with E-state index in [1.807, 2.05) is 43.3 Å². The summed E-state index contributed by atoms with van der Waals surface area (Å²) in [6.07, 6.45) is 2.01. The van der Waals surface area contributed by atoms with Gasteiger partial charge in [0.1, 0.15) is 11.3 Å². The minimum atomic E-state index is -0.304. The first-order valence-corrected chi connectivity index (χ1v) is 12.1. The Morgan fingerprint density at radius 3 is 2.63 bits per heavy atom. The average Bonchev–Trinajstić information content (AvgIpc) is 3.23. The number of thiocarbonyl (C=S) groups is 1. The van der Waals surface area contributed by atoms with Gasteiger partial charge in [0.2, 0.25) is 5.89 Å². The number of nitrogens with one attached hydrogen (secondary N) is 2. The highest BCUT2D eigenvalue weighted by Gasteiger charge is 2.13. The Morgan fingerprint density at radius 2 is 1.83 bits per heavy atom. The van der Waals surface area contributed by atoms with E-state index in [2.05, 4.69) is 36.4 Å². The molecule has 0 aliphatic carbocycles. The van der Waals surface area contributed by atoms with Gasteiger partial charge in [-0.1, -0.05) is 25.5 Å². The van der Waals surface area contributed by atoms with Gasteiger partial charge in [0.15, 0.2) is 10.7 Å². The van der Waals surface area contributed by atoms with Crippen molar-refractivity contribution >= 4 is 40.0 Å². The first kappa shape index (κ1) is 24.4. The van der Waals surface area contributed by atoms with Gasteiger partial charge in [-0.3, -0.25) is 10.1 Å². The van der Waals surface area contributed by atoms with Crippen molar-refractivity contribution in [1.82, 2.24) is 10.3 Å². The molecule has 35 heavy (non-hydrogen) atoms. The van der Waals surface area contributed by atoms with Gasteiger partial charge in [-0.25, -0.2) is 4.98 Å². The summed E-state index contributed by atoms with van der Waals surface area (Å²) in [5.41, 5.74) is 6.93. The average molecular weight is 488 g/mol. The Morgan fingerprint density at radius 1 is 1.03 bits per heavy atom. The summed E-state index contributed by atoms with van der Waals surface area (Å²) in [4.78, 5) is 17.4. The highest BCUT2D eigenvalue weighted by molar-refractivity contribution is 7.80. The predicted octanol–water partition coefficient (Wildman–Crippen LogP) is 6.73. The number of amides is 1. The summed E-state index contributed by atoms with van der Waals surface area (Å²) in [5, 5.41) is 6.08. The number of anilines is 1. The number of unbranched alkanes of at least 4 members (excludes halogenated alkanes) is 1. The third-order valence-corrected chi connectivity index (χ3v) is 6.03. The van der Waals surface area contributed by atoms with Crippen LogP contribution < -0.4 is 15.4 Å². The number of aryl methyl sites for hydroxylation is 3. The lowest BCUT2D eigenvalue weighted by atomic mass is 10.1. The number of aromatic nitrogens is 1. The molecular formula is C28H29N3O3S. The highest BCUT2D eigenvalue weighted by atomic mass is 32.1. The maximum absolute atomic E-state index is 12.7. The summed E-state index contributed by atoms with van der Waals surface area (Å²) in [6.45, 7) is 8.80. The SMILES string of the molecule is CCCCOc1cccc(C(=O)NC(=S)Nc2cc(-c3nc4cc(C)c(C)cc4o3)ccc2C)c1. The lowest BCUT2D eigenvalue weighted by molar-refractivity contribution is 0.0977. The van der Waals surface area contributed by atoms with Crippen molar-refractivity contribution in [3.05, 3.63) is 76.9 Å². The molecule has 180 valence electrons. The molecule has 1 amide bonds. The van der Waals surface area contributed by atoms with Gasteiger partial charge in [0.05, 0.1) is 6.61 Å². The Balaban J connectivity index is 1.47. The van der Waals surface area contributed by atoms with Crippen LogP contribution in [-0.2, 0) is 0 Å². The van der Waals surface area contributed by atoms with Gasteiger partial charge in [-0.2, -0.15) is 0 Å². The van der Waals surface area contributed by atoms with Crippen LogP contribution in [0.4, 0.5) is 5.69 Å². The Kier molecular flexibility index (Phi) is 7.46. The van der Waals surface area contributed by atoms with Crippen molar-refractivity contribution in [2.75, 3.05) is 11.9 Å². The molecule has 3 aromatic carbocycles. The van der Waals surface area contributed by atoms with Crippen LogP contribution in [0, 0.1) is 20.8 Å². The molecule has 0 saturated carbocycles. The number of fused-ring (bicyclic) bond motifs is 1. The van der Waals surface area contributed by atoms with E-state index in [0.29, 0.717) is 23.8 Å². The normalized spacial score (nSPS) is 10.9. The predicted molar refractivity (Wildman–Crippen MR) is 144 cm³/mol. The molecule has 0 spiro atoms. The monoisotopic (exact) mass is 487 g/mol. The van der Waals surface area contributed by atoms with Crippen LogP contribution >= 0.6 is 12.2 Å². The highest BCUT2D eigenvalue weighted by Crippen LogP contribution is 2.29. The summed E-state index contributed by atoms with van der Waals surface area (Å²) in [5.74, 6) is 0.891. The topological polar surface area (TPSA) is 76.4 Å². The Bertz CT molecular complexity index is 1350. The molecule has 0 saturated heterocycles. The lowest BCUT2D eigenvalue weighted by Crippen LogP contribution is -2.34. The second kappa shape index (κ2) is 10.7. The second-order valence-electron chi connectivity index (χ2n) is 8.59. The Hall–Kier alpha value is -3.71. The molecule has 2 N–H and O–H groups in total. The van der Waals surface area contributed by atoms with Gasteiger partial charge in [0.25, 0.3) is 5.91 Å². The van der Waals surface area contributed by atoms with Crippen molar-refractivity contribution in [2.45, 2.75) is 40.5 Å². The largest absolute Gasteiger partial charge is 0.494 e. The van der Waals surface area contributed by atoms with E-state index < -0.39 is 0 Å². The van der Waals surface area contributed by atoms with Crippen molar-refractivity contribution < 1.29 is 13.9 Å². The molecule has 4 rings (SSSR count). The third-order valence-electron chi connectivity index (χ3n) is 5.83. The first-order valence-electron chi connectivity index (χ1n) is 11.7. The third kappa shape index (κ3) is 5.87. The van der Waals surface area contributed by atoms with E-state index in [9.17, 15) is 4.79 Å². The zero-order chi connectivity index (χ0) is 24.9. The first-order chi connectivity index (χ1) is 16.8. The van der Waals surface area contributed by atoms with E-state index >= 15 is 0 Å². The summed E-state index contributed by atoms with van der Waals surface area (Å²) in [7, 11) is 0. The van der Waals surface area contributed by atoms with Gasteiger partial charge in [-0.15, -0.1) is 0 Å². The van der Waals surface area contributed by atoms with E-state index in [1.165, 1.54) is 5.56 Å². The van der Waals surface area contributed by atoms with Crippen LogP contribution in [0.1, 0.15) is 46.8 Å². The molecule has 0 bridgehead atoms. The Labute approximate surface area is 210 Å². The minimum Gasteiger partial charge on any atom is -0.494 e. The van der Waals surface area contributed by atoms with Gasteiger partial charge in [0, 0.05) is 16.8 Å². The summed E-state index contributed by atoms with van der Waals surface area (Å²) < 4.78 is 11.7. The standard InChI is InChI=1S/C28H29N3O3S/c1-5-6-12-33-22-9-7-8-20(15-22)26(32)31-28(35)30-23-16-21(11-10-17(23)2)27-29-24-13-18(3)19(4)14-25(24)34-27/h7-11,13-16H,5-6,12H2,1-4H3,(H2,30,31,32,35). The zero-order valence-corrected chi connectivity index (χ0v) is 21.2. The maximum atomic E-state index is 12.7. The smallest absolute Gasteiger partial charge is 0.257 e. The number of rotatable bonds is 7. The molecule has 0 radical (unpaired) electrons. The van der Waals surface area contributed by atoms with Crippen LogP contribution in [0.5, 0.6) is 5.75 Å². The molecule has 1 aromatic heterocycles. The van der Waals surface area contributed by atoms with E-state index in [4.69, 9.17) is 21.4 Å². The fourth-order valence-electron chi connectivity index (χ4n) is 3.58. The molecular weight excluding hydrogens is 458 g/mol. The fourth-order valence-corrected chi connectivity index (χ4v) is 3.79. The molecule has 0 aliphatic rings. The van der Waals surface area contributed by atoms with E-state index in [0.717, 1.165) is 46.3 Å². The van der Waals surface area contributed by atoms with Crippen molar-refractivity contribution in [3.63, 3.8) is 0 Å². The number of benzene rings is 3. The van der Waals surface area contributed by atoms with Crippen molar-refractivity contribution in [1.29, 1.82) is 0 Å². The number of ether oxygens (including phenoxy) is 1. The summed E-state index contributed by atoms with van der Waals surface area (Å²) >= 11 is 5.42. The fraction of sp³-hybridized carbons (Fsp3) is 0.250. The van der Waals surface area contributed by atoms with Crippen LogP contribution in [0.3, 0.4) is 0 Å². The van der Waals surface area contributed by atoms with E-state index in [-0.39, 0.29) is 11.0 Å². The number of hydrogen-bond donors (Lipinski definition) is 2. The van der Waals surface area contributed by atoms with Crippen LogP contribution in [0.25, 0.3) is 22.6 Å². The van der Waals surface area contributed by atoms with Gasteiger partial charge < -0.3 is 14.5 Å². The van der Waals surface area contributed by atoms with Crippen molar-refractivity contribution in [2.24, 2.45) is 0 Å². The molecule has 7 heteroatoms. The molecule has 0 atom stereocenters. The second-order valence-corrected chi connectivity index (χ2v) is 9.00. The van der Waals surface area contributed by atoms with E-state index in [1.54, 1.807) is 18.2 Å². The number of carbonyl (C=O) groups excluding carboxylic acids is 1. The van der Waals surface area contributed by atoms with Gasteiger partial charge >= 0.3 is 0 Å². The number of oxazole rings is 1. The number of carbonyl (C=O) groups is 1. The van der Waals surface area contributed by atoms with Crippen LogP contribution in [-0.4, -0.2) is 22.6 Å². The van der Waals surface area contributed by atoms with Crippen LogP contribution in [0.2, 0.25) is 0 Å². The molecule has 1 heterocycles. The number of nitrogens with zero attached hydrogens (tertiary/aromatic N) is 1. The number of hydrogen-bond acceptors (Lipinski definition) is 5. The van der Waals surface area contributed by atoms with Crippen molar-refractivity contribution in [3.8, 4) is 17.2 Å². The molecule has 0 fully saturated rings. The zero-order valence-electron chi connectivity index (χ0n) is 20.4. The van der Waals surface area contributed by atoms with Gasteiger partial charge in [-0.05, 0) is 98.6 Å². The lowest BCUT2D eigenvalue weighted by Gasteiger charge is -2.13. The quantitative estimate of drug-likeness (QED) is 0.222. The minimum absolute atomic E-state index is 0.205. The molecule has 4 aromatic rings. The summed E-state index contributed by atoms with van der Waals surface area (Å²) in [6, 6.07) is 16.9. The van der Waals surface area contributed by atoms with Crippen LogP contribution in [0.15, 0.2) is 59.0 Å². The molecule has 6 nitrogen and oxygen atoms in total. The maximum Gasteiger partial charge on any atom is 0.257 e.